The number of alkyl halides is 3. The SMILES string of the molecule is O=C1CN(c2ccc(NC(=O)[C@@H]3CCCN(c4ncccc4C(F)(F)F)C3)cn2)CCN1. The lowest BCUT2D eigenvalue weighted by atomic mass is 9.96. The fraction of sp³-hybridized carbons (Fsp3) is 0.429. The summed E-state index contributed by atoms with van der Waals surface area (Å²) in [5.41, 5.74) is -0.307. The van der Waals surface area contributed by atoms with Crippen LogP contribution in [0, 0.1) is 5.92 Å². The molecule has 2 fully saturated rings. The normalized spacial score (nSPS) is 19.5. The molecule has 0 aliphatic carbocycles. The van der Waals surface area contributed by atoms with E-state index in [9.17, 15) is 22.8 Å². The molecule has 0 aromatic carbocycles. The van der Waals surface area contributed by atoms with Gasteiger partial charge in [0, 0.05) is 32.4 Å². The van der Waals surface area contributed by atoms with Crippen molar-refractivity contribution < 1.29 is 22.8 Å². The van der Waals surface area contributed by atoms with Crippen LogP contribution in [0.1, 0.15) is 18.4 Å². The largest absolute Gasteiger partial charge is 0.419 e. The van der Waals surface area contributed by atoms with E-state index in [1.165, 1.54) is 23.4 Å². The summed E-state index contributed by atoms with van der Waals surface area (Å²) in [6, 6.07) is 5.69. The zero-order chi connectivity index (χ0) is 22.7. The van der Waals surface area contributed by atoms with Gasteiger partial charge in [-0.3, -0.25) is 9.59 Å². The van der Waals surface area contributed by atoms with Crippen molar-refractivity contribution in [1.82, 2.24) is 15.3 Å². The Morgan fingerprint density at radius 3 is 2.72 bits per heavy atom. The maximum atomic E-state index is 13.4. The Bertz CT molecular complexity index is 982. The first kappa shape index (κ1) is 21.8. The number of piperidine rings is 1. The van der Waals surface area contributed by atoms with Crippen LogP contribution in [0.3, 0.4) is 0 Å². The van der Waals surface area contributed by atoms with Crippen molar-refractivity contribution in [3.05, 3.63) is 42.2 Å². The van der Waals surface area contributed by atoms with E-state index in [4.69, 9.17) is 0 Å². The van der Waals surface area contributed by atoms with Crippen molar-refractivity contribution in [2.45, 2.75) is 19.0 Å². The highest BCUT2D eigenvalue weighted by atomic mass is 19.4. The second-order valence-corrected chi connectivity index (χ2v) is 7.82. The zero-order valence-electron chi connectivity index (χ0n) is 17.2. The van der Waals surface area contributed by atoms with Crippen LogP contribution in [-0.2, 0) is 15.8 Å². The Morgan fingerprint density at radius 1 is 1.16 bits per heavy atom. The Morgan fingerprint density at radius 2 is 2.00 bits per heavy atom. The van der Waals surface area contributed by atoms with Gasteiger partial charge in [0.25, 0.3) is 0 Å². The number of nitrogens with zero attached hydrogens (tertiary/aromatic N) is 4. The molecule has 2 aromatic heterocycles. The van der Waals surface area contributed by atoms with Gasteiger partial charge in [-0.1, -0.05) is 0 Å². The standard InChI is InChI=1S/C21H23F3N6O2/c22-21(23,24)16-4-1-7-26-19(16)30-9-2-3-14(12-30)20(32)28-15-5-6-17(27-11-15)29-10-8-25-18(31)13-29/h1,4-7,11,14H,2-3,8-10,12-13H2,(H,25,31)(H,28,32)/t14-/m1/s1. The van der Waals surface area contributed by atoms with Gasteiger partial charge < -0.3 is 20.4 Å². The maximum absolute atomic E-state index is 13.4. The van der Waals surface area contributed by atoms with Crippen molar-refractivity contribution >= 4 is 29.1 Å². The topological polar surface area (TPSA) is 90.5 Å². The van der Waals surface area contributed by atoms with Crippen molar-refractivity contribution in [3.8, 4) is 0 Å². The van der Waals surface area contributed by atoms with Gasteiger partial charge in [-0.25, -0.2) is 9.97 Å². The van der Waals surface area contributed by atoms with Gasteiger partial charge >= 0.3 is 6.18 Å². The second-order valence-electron chi connectivity index (χ2n) is 7.82. The van der Waals surface area contributed by atoms with Crippen LogP contribution < -0.4 is 20.4 Å². The lowest BCUT2D eigenvalue weighted by molar-refractivity contribution is -0.137. The number of hydrogen-bond donors (Lipinski definition) is 2. The summed E-state index contributed by atoms with van der Waals surface area (Å²) < 4.78 is 40.1. The average Bonchev–Trinajstić information content (AvgIpc) is 2.79. The lowest BCUT2D eigenvalue weighted by Crippen LogP contribution is -2.48. The van der Waals surface area contributed by atoms with Gasteiger partial charge in [0.1, 0.15) is 11.6 Å². The predicted octanol–water partition coefficient (Wildman–Crippen LogP) is 2.29. The minimum Gasteiger partial charge on any atom is -0.355 e. The second kappa shape index (κ2) is 9.01. The summed E-state index contributed by atoms with van der Waals surface area (Å²) >= 11 is 0. The summed E-state index contributed by atoms with van der Waals surface area (Å²) in [6.45, 7) is 1.98. The molecule has 0 radical (unpaired) electrons. The van der Waals surface area contributed by atoms with E-state index in [2.05, 4.69) is 20.6 Å². The van der Waals surface area contributed by atoms with E-state index < -0.39 is 17.7 Å². The molecule has 0 unspecified atom stereocenters. The Balaban J connectivity index is 1.40. The predicted molar refractivity (Wildman–Crippen MR) is 112 cm³/mol. The summed E-state index contributed by atoms with van der Waals surface area (Å²) in [7, 11) is 0. The highest BCUT2D eigenvalue weighted by Crippen LogP contribution is 2.36. The van der Waals surface area contributed by atoms with Crippen molar-refractivity contribution in [1.29, 1.82) is 0 Å². The van der Waals surface area contributed by atoms with Gasteiger partial charge in [-0.15, -0.1) is 0 Å². The summed E-state index contributed by atoms with van der Waals surface area (Å²) in [5.74, 6) is -0.326. The number of hydrogen-bond acceptors (Lipinski definition) is 6. The molecule has 32 heavy (non-hydrogen) atoms. The molecular formula is C21H23F3N6O2. The molecule has 4 rings (SSSR count). The zero-order valence-corrected chi connectivity index (χ0v) is 17.2. The van der Waals surface area contributed by atoms with Gasteiger partial charge in [0.2, 0.25) is 11.8 Å². The number of aromatic nitrogens is 2. The first-order chi connectivity index (χ1) is 15.3. The molecule has 0 saturated carbocycles. The van der Waals surface area contributed by atoms with E-state index in [0.29, 0.717) is 44.0 Å². The molecule has 2 aliphatic heterocycles. The van der Waals surface area contributed by atoms with Crippen molar-refractivity contribution in [3.63, 3.8) is 0 Å². The minimum absolute atomic E-state index is 0.0705. The van der Waals surface area contributed by atoms with E-state index in [1.54, 1.807) is 12.1 Å². The fourth-order valence-electron chi connectivity index (χ4n) is 3.98. The van der Waals surface area contributed by atoms with Crippen LogP contribution in [0.2, 0.25) is 0 Å². The van der Waals surface area contributed by atoms with Gasteiger partial charge in [-0.2, -0.15) is 13.2 Å². The van der Waals surface area contributed by atoms with Gasteiger partial charge in [-0.05, 0) is 37.1 Å². The molecule has 170 valence electrons. The molecule has 4 heterocycles. The van der Waals surface area contributed by atoms with Crippen LogP contribution in [0.5, 0.6) is 0 Å². The molecule has 0 spiro atoms. The van der Waals surface area contributed by atoms with E-state index >= 15 is 0 Å². The number of amides is 2. The summed E-state index contributed by atoms with van der Waals surface area (Å²) in [5, 5.41) is 5.55. The van der Waals surface area contributed by atoms with Crippen molar-refractivity contribution in [2.75, 3.05) is 47.8 Å². The van der Waals surface area contributed by atoms with Gasteiger partial charge in [0.15, 0.2) is 0 Å². The molecule has 0 bridgehead atoms. The monoisotopic (exact) mass is 448 g/mol. The molecule has 2 aromatic rings. The summed E-state index contributed by atoms with van der Waals surface area (Å²) in [4.78, 5) is 35.9. The Labute approximate surface area is 182 Å². The van der Waals surface area contributed by atoms with Crippen LogP contribution in [0.15, 0.2) is 36.7 Å². The number of rotatable bonds is 4. The molecule has 2 N–H and O–H groups in total. The van der Waals surface area contributed by atoms with Crippen LogP contribution in [0.25, 0.3) is 0 Å². The molecule has 11 heteroatoms. The Kier molecular flexibility index (Phi) is 6.15. The first-order valence-corrected chi connectivity index (χ1v) is 10.4. The number of nitrogens with one attached hydrogen (secondary N) is 2. The highest BCUT2D eigenvalue weighted by molar-refractivity contribution is 5.93. The lowest BCUT2D eigenvalue weighted by Gasteiger charge is -2.34. The average molecular weight is 448 g/mol. The molecule has 8 nitrogen and oxygen atoms in total. The molecule has 2 amide bonds. The highest BCUT2D eigenvalue weighted by Gasteiger charge is 2.37. The molecular weight excluding hydrogens is 425 g/mol. The summed E-state index contributed by atoms with van der Waals surface area (Å²) in [6.07, 6.45) is -0.513. The smallest absolute Gasteiger partial charge is 0.355 e. The molecule has 1 atom stereocenters. The Hall–Kier alpha value is -3.37. The number of pyridine rings is 2. The quantitative estimate of drug-likeness (QED) is 0.746. The third kappa shape index (κ3) is 4.92. The number of halogens is 3. The third-order valence-electron chi connectivity index (χ3n) is 5.56. The maximum Gasteiger partial charge on any atom is 0.419 e. The van der Waals surface area contributed by atoms with E-state index in [1.807, 2.05) is 4.90 Å². The number of carbonyl (C=O) groups excluding carboxylic acids is 2. The number of anilines is 3. The van der Waals surface area contributed by atoms with Crippen LogP contribution in [0.4, 0.5) is 30.5 Å². The molecule has 2 aliphatic rings. The first-order valence-electron chi connectivity index (χ1n) is 10.4. The minimum atomic E-state index is -4.51. The fourth-order valence-corrected chi connectivity index (χ4v) is 3.98. The van der Waals surface area contributed by atoms with E-state index in [-0.39, 0.29) is 30.7 Å². The van der Waals surface area contributed by atoms with Crippen molar-refractivity contribution in [2.24, 2.45) is 5.92 Å². The third-order valence-corrected chi connectivity index (χ3v) is 5.56. The van der Waals surface area contributed by atoms with Crippen LogP contribution >= 0.6 is 0 Å². The van der Waals surface area contributed by atoms with E-state index in [0.717, 1.165) is 6.07 Å². The van der Waals surface area contributed by atoms with Gasteiger partial charge in [0.05, 0.1) is 29.9 Å². The number of carbonyl (C=O) groups is 2. The molecule has 2 saturated heterocycles. The van der Waals surface area contributed by atoms with Crippen LogP contribution in [-0.4, -0.2) is 54.5 Å². The number of piperazine rings is 1.